The number of Topliss-reactive ketones (excluding diaryl/α,β-unsaturated/α-hetero) is 1. The van der Waals surface area contributed by atoms with E-state index in [9.17, 15) is 39.0 Å². The number of halogens is 1. The Morgan fingerprint density at radius 1 is 0.588 bits per heavy atom. The maximum Gasteiger partial charge on any atom is 0.309 e. The lowest BCUT2D eigenvalue weighted by atomic mass is 9.85. The molecular weight excluding hydrogens is 1170 g/mol. The maximum absolute atomic E-state index is 13.0. The molecule has 8 N–H and O–H groups in total. The van der Waals surface area contributed by atoms with Crippen LogP contribution in [0.25, 0.3) is 0 Å². The van der Waals surface area contributed by atoms with Gasteiger partial charge < -0.3 is 54.6 Å². The lowest BCUT2D eigenvalue weighted by Gasteiger charge is -2.34. The molecule has 27 heteroatoms. The summed E-state index contributed by atoms with van der Waals surface area (Å²) in [6.45, 7) is 11.9. The van der Waals surface area contributed by atoms with Crippen molar-refractivity contribution in [1.82, 2.24) is 46.8 Å². The Hall–Kier alpha value is -3.89. The van der Waals surface area contributed by atoms with Crippen molar-refractivity contribution < 1.29 is 57.6 Å². The number of carbonyl (C=O) groups is 6. The molecule has 1 aromatic rings. The number of hydrazone groups is 2. The molecule has 5 unspecified atom stereocenters. The van der Waals surface area contributed by atoms with Crippen LogP contribution in [-0.2, 0) is 43.0 Å². The summed E-state index contributed by atoms with van der Waals surface area (Å²) in [6, 6.07) is -1.90. The van der Waals surface area contributed by atoms with E-state index in [-0.39, 0.29) is 87.4 Å². The number of ketones is 1. The highest BCUT2D eigenvalue weighted by Crippen LogP contribution is 2.34. The second kappa shape index (κ2) is 34.2. The van der Waals surface area contributed by atoms with Crippen molar-refractivity contribution in [2.75, 3.05) is 65.2 Å². The average Bonchev–Trinajstić information content (AvgIpc) is 4.42. The first-order valence-corrected chi connectivity index (χ1v) is 33.2. The molecule has 23 nitrogen and oxygen atoms in total. The zero-order chi connectivity index (χ0) is 60.4. The van der Waals surface area contributed by atoms with Gasteiger partial charge in [-0.3, -0.25) is 28.8 Å². The molecule has 480 valence electrons. The number of aromatic amines is 1. The molecule has 5 saturated heterocycles. The minimum Gasteiger partial charge on any atom is -0.411 e. The van der Waals surface area contributed by atoms with Crippen molar-refractivity contribution in [3.63, 3.8) is 0 Å². The molecule has 85 heavy (non-hydrogen) atoms. The van der Waals surface area contributed by atoms with Crippen LogP contribution in [0.2, 0.25) is 0 Å². The van der Waals surface area contributed by atoms with Crippen LogP contribution in [0.5, 0.6) is 0 Å². The summed E-state index contributed by atoms with van der Waals surface area (Å²) >= 11 is 7.99. The van der Waals surface area contributed by atoms with Gasteiger partial charge in [-0.1, -0.05) is 81.3 Å². The van der Waals surface area contributed by atoms with Gasteiger partial charge in [0.05, 0.1) is 12.1 Å². The van der Waals surface area contributed by atoms with E-state index in [1.165, 1.54) is 12.8 Å². The van der Waals surface area contributed by atoms with Crippen LogP contribution in [0.3, 0.4) is 0 Å². The van der Waals surface area contributed by atoms with Gasteiger partial charge in [0.2, 0.25) is 29.4 Å². The zero-order valence-electron chi connectivity index (χ0n) is 50.7. The lowest BCUT2D eigenvalue weighted by Crippen LogP contribution is -2.55. The summed E-state index contributed by atoms with van der Waals surface area (Å²) < 4.78 is 21.5. The number of hydrogen-bond donors (Lipinski definition) is 8. The first-order valence-electron chi connectivity index (χ1n) is 30.8. The van der Waals surface area contributed by atoms with E-state index in [1.807, 2.05) is 23.9 Å². The molecule has 8 aliphatic rings. The van der Waals surface area contributed by atoms with Crippen LogP contribution in [-0.4, -0.2) is 176 Å². The molecule has 9 rings (SSSR count). The monoisotopic (exact) mass is 1270 g/mol. The topological polar surface area (TPSA) is 304 Å². The van der Waals surface area contributed by atoms with Gasteiger partial charge in [-0.05, 0) is 135 Å². The van der Waals surface area contributed by atoms with Gasteiger partial charge in [-0.15, -0.1) is 27.7 Å². The van der Waals surface area contributed by atoms with E-state index in [0.29, 0.717) is 70.5 Å². The smallest absolute Gasteiger partial charge is 0.309 e. The van der Waals surface area contributed by atoms with Gasteiger partial charge in [0.1, 0.15) is 6.04 Å². The number of aromatic nitrogens is 2. The zero-order valence-corrected chi connectivity index (χ0v) is 54.0. The van der Waals surface area contributed by atoms with Crippen LogP contribution >= 0.6 is 48.1 Å². The number of H-pyrrole nitrogens is 1. The predicted molar refractivity (Wildman–Crippen MR) is 331 cm³/mol. The van der Waals surface area contributed by atoms with Crippen molar-refractivity contribution in [1.29, 1.82) is 0 Å². The number of aliphatic hydroxyl groups is 2. The van der Waals surface area contributed by atoms with Gasteiger partial charge in [0.25, 0.3) is 10.7 Å². The Morgan fingerprint density at radius 3 is 1.38 bits per heavy atom. The van der Waals surface area contributed by atoms with Gasteiger partial charge in [0.15, 0.2) is 22.5 Å². The highest BCUT2D eigenvalue weighted by atomic mass is 35.5. The summed E-state index contributed by atoms with van der Waals surface area (Å²) in [5.41, 5.74) is 4.84. The molecule has 3 aliphatic carbocycles. The summed E-state index contributed by atoms with van der Waals surface area (Å²) in [5, 5.41) is 46.8. The number of nitrogens with one attached hydrogen (secondary N) is 6. The fourth-order valence-corrected chi connectivity index (χ4v) is 14.8. The third-order valence-corrected chi connectivity index (χ3v) is 21.4. The predicted octanol–water partition coefficient (Wildman–Crippen LogP) is 6.25. The van der Waals surface area contributed by atoms with Crippen molar-refractivity contribution in [2.45, 2.75) is 204 Å². The van der Waals surface area contributed by atoms with Gasteiger partial charge in [0, 0.05) is 94.1 Å². The molecule has 0 radical (unpaired) electrons. The van der Waals surface area contributed by atoms with E-state index < -0.39 is 47.9 Å². The molecule has 5 amide bonds. The third kappa shape index (κ3) is 20.3. The van der Waals surface area contributed by atoms with E-state index in [4.69, 9.17) is 30.8 Å². The Kier molecular flexibility index (Phi) is 28.2. The summed E-state index contributed by atoms with van der Waals surface area (Å²) in [6.07, 6.45) is 17.1. The van der Waals surface area contributed by atoms with Crippen LogP contribution in [0.1, 0.15) is 175 Å². The van der Waals surface area contributed by atoms with E-state index in [1.54, 1.807) is 23.5 Å². The number of nitrogens with zero attached hydrogens (tertiary/aromatic N) is 5. The minimum absolute atomic E-state index is 0. The van der Waals surface area contributed by atoms with Crippen molar-refractivity contribution in [3.05, 3.63) is 10.7 Å². The molecule has 0 aromatic carbocycles. The van der Waals surface area contributed by atoms with Crippen molar-refractivity contribution in [3.8, 4) is 0 Å². The second-order valence-electron chi connectivity index (χ2n) is 25.1. The first kappa shape index (κ1) is 70.2. The first-order chi connectivity index (χ1) is 40.2. The molecule has 8 fully saturated rings. The Morgan fingerprint density at radius 2 is 0.976 bits per heavy atom. The molecule has 5 atom stereocenters. The van der Waals surface area contributed by atoms with Crippen LogP contribution < -0.4 is 26.8 Å². The number of hydrogen-bond acceptors (Lipinski definition) is 18. The number of aliphatic hydroxyl groups excluding tert-OH is 2. The van der Waals surface area contributed by atoms with Gasteiger partial charge in [-0.2, -0.15) is 0 Å². The van der Waals surface area contributed by atoms with E-state index >= 15 is 0 Å². The van der Waals surface area contributed by atoms with Crippen LogP contribution in [0, 0.1) is 40.3 Å². The minimum atomic E-state index is -1.35. The normalized spacial score (nSPS) is 24.7. The molecule has 5 aliphatic heterocycles. The summed E-state index contributed by atoms with van der Waals surface area (Å²) in [7, 11) is 3.86. The standard InChI is InChI=1S/C21H36N4O4S.C21H34N4O4S.C16H25N3O4S.ClH/c2*1-21(2)13-30-20(25(21)3)24-23-19(28)17(26)16(14-9-11-29-12-10-14)22-18(27)15-7-5-4-6-8-15;20-13(15-18-19-16(24)23-15)12(10-6-8-22-9-7-10)17-14(21)11-4-2-1-3-5-11;/h14-17,26H,4-13H2,1-3H3,(H,22,27)(H,23,28);14-16H,4-13H2,1-3H3,(H,22,27)(H,23,28);10-13,20H,1-9H2,(H,17,21)(H,19,24);1H/b2*24-20-;;. The highest BCUT2D eigenvalue weighted by molar-refractivity contribution is 8.14. The molecule has 1 aromatic heterocycles. The van der Waals surface area contributed by atoms with Gasteiger partial charge in [-0.25, -0.2) is 16.0 Å². The van der Waals surface area contributed by atoms with Gasteiger partial charge >= 0.3 is 5.91 Å². The fourth-order valence-electron chi connectivity index (χ4n) is 12.2. The fraction of sp³-hybridized carbons (Fsp3) is 0.828. The van der Waals surface area contributed by atoms with E-state index in [0.717, 1.165) is 113 Å². The molecule has 0 spiro atoms. The number of amides is 5. The largest absolute Gasteiger partial charge is 0.411 e. The van der Waals surface area contributed by atoms with Crippen molar-refractivity contribution in [2.24, 2.45) is 45.7 Å². The highest BCUT2D eigenvalue weighted by Gasteiger charge is 2.41. The summed E-state index contributed by atoms with van der Waals surface area (Å²) in [4.78, 5) is 80.8. The molecule has 6 heterocycles. The SMILES string of the molecule is CN1/C(=N/NC(=O)C(=O)C(NC(=O)C2CCCCC2)C2CCOCC2)SCC1(C)C.CN1/C(=N/NC(=O)C(O)C(NC(=O)C2CCCCC2)C2CCOCC2)SCC1(C)C.Cl.O=C(NC(C1CCOCC1)C(O)c1n[nH]c(=S)o1)C1CCCCC1. The second-order valence-corrected chi connectivity index (χ2v) is 27.4. The third-order valence-electron chi connectivity index (χ3n) is 18.3. The average molecular weight is 1270 g/mol. The molecule has 3 saturated carbocycles. The Bertz CT molecular complexity index is 2450. The molecular formula is C58H96ClN11O12S3. The number of carbonyl (C=O) groups excluding carboxylic acids is 6. The number of rotatable bonds is 17. The Balaban J connectivity index is 0.000000204. The number of thioether (sulfide) groups is 2. The van der Waals surface area contributed by atoms with E-state index in [2.05, 4.69) is 74.9 Å². The Labute approximate surface area is 521 Å². The van der Waals surface area contributed by atoms with Crippen molar-refractivity contribution >= 4 is 93.8 Å². The number of ether oxygens (including phenoxy) is 3. The van der Waals surface area contributed by atoms with Crippen LogP contribution in [0.15, 0.2) is 14.6 Å². The molecule has 0 bridgehead atoms. The lowest BCUT2D eigenvalue weighted by molar-refractivity contribution is -0.142. The summed E-state index contributed by atoms with van der Waals surface area (Å²) in [5.74, 6) is -0.267. The maximum atomic E-state index is 13.0. The number of amidine groups is 2. The quantitative estimate of drug-likeness (QED) is 0.0485. The van der Waals surface area contributed by atoms with Crippen LogP contribution in [0.4, 0.5) is 0 Å².